The van der Waals surface area contributed by atoms with E-state index < -0.39 is 6.43 Å². The van der Waals surface area contributed by atoms with Gasteiger partial charge in [0.05, 0.1) is 0 Å². The fourth-order valence-corrected chi connectivity index (χ4v) is 1.20. The van der Waals surface area contributed by atoms with E-state index in [-0.39, 0.29) is 6.42 Å². The summed E-state index contributed by atoms with van der Waals surface area (Å²) >= 11 is 0. The summed E-state index contributed by atoms with van der Waals surface area (Å²) in [4.78, 5) is 0. The summed E-state index contributed by atoms with van der Waals surface area (Å²) in [7, 11) is 0. The van der Waals surface area contributed by atoms with E-state index in [1.807, 2.05) is 31.2 Å². The van der Waals surface area contributed by atoms with Gasteiger partial charge in [0, 0.05) is 6.42 Å². The minimum Gasteiger partial charge on any atom is -0.210 e. The molecule has 1 aliphatic rings. The van der Waals surface area contributed by atoms with Crippen LogP contribution in [-0.4, -0.2) is 6.43 Å². The predicted molar refractivity (Wildman–Crippen MR) is 46.2 cm³/mol. The number of hydrogen-bond acceptors (Lipinski definition) is 0. The quantitative estimate of drug-likeness (QED) is 0.595. The third-order valence-electron chi connectivity index (χ3n) is 1.92. The molecule has 1 aliphatic carbocycles. The number of rotatable bonds is 2. The fraction of sp³-hybridized carbons (Fsp3) is 0.400. The van der Waals surface area contributed by atoms with Crippen LogP contribution in [0.4, 0.5) is 8.78 Å². The first-order valence-electron chi connectivity index (χ1n) is 4.00. The third-order valence-corrected chi connectivity index (χ3v) is 1.92. The van der Waals surface area contributed by atoms with Crippen LogP contribution in [0.25, 0.3) is 0 Å². The van der Waals surface area contributed by atoms with Crippen molar-refractivity contribution in [2.45, 2.75) is 26.2 Å². The summed E-state index contributed by atoms with van der Waals surface area (Å²) in [6, 6.07) is 0. The summed E-state index contributed by atoms with van der Waals surface area (Å²) in [6.07, 6.45) is 5.89. The maximum Gasteiger partial charge on any atom is 0.242 e. The van der Waals surface area contributed by atoms with E-state index in [9.17, 15) is 8.78 Å². The highest BCUT2D eigenvalue weighted by atomic mass is 19.3. The summed E-state index contributed by atoms with van der Waals surface area (Å²) in [5.74, 6) is 0. The minimum absolute atomic E-state index is 0.0967. The average Bonchev–Trinajstić information content (AvgIpc) is 2.16. The van der Waals surface area contributed by atoms with Crippen LogP contribution in [0, 0.1) is 0 Å². The van der Waals surface area contributed by atoms with Crippen LogP contribution in [0.2, 0.25) is 0 Å². The second-order valence-electron chi connectivity index (χ2n) is 2.87. The largest absolute Gasteiger partial charge is 0.242 e. The molecule has 1 rings (SSSR count). The molecule has 0 atom stereocenters. The lowest BCUT2D eigenvalue weighted by atomic mass is 10.0. The number of alkyl halides is 2. The van der Waals surface area contributed by atoms with Gasteiger partial charge in [0.1, 0.15) is 0 Å². The van der Waals surface area contributed by atoms with E-state index in [4.69, 9.17) is 0 Å². The second kappa shape index (κ2) is 4.19. The van der Waals surface area contributed by atoms with Gasteiger partial charge < -0.3 is 0 Å². The summed E-state index contributed by atoms with van der Waals surface area (Å²) in [5.41, 5.74) is 1.82. The maximum atomic E-state index is 12.0. The van der Waals surface area contributed by atoms with Gasteiger partial charge in [0.2, 0.25) is 6.43 Å². The zero-order valence-corrected chi connectivity index (χ0v) is 7.06. The van der Waals surface area contributed by atoms with Gasteiger partial charge in [-0.1, -0.05) is 35.5 Å². The Kier molecular flexibility index (Phi) is 3.20. The van der Waals surface area contributed by atoms with Crippen molar-refractivity contribution in [2.75, 3.05) is 0 Å². The molecular formula is C10H12F2. The Labute approximate surface area is 71.3 Å². The molecule has 0 heterocycles. The summed E-state index contributed by atoms with van der Waals surface area (Å²) in [5, 5.41) is 0. The highest BCUT2D eigenvalue weighted by Crippen LogP contribution is 2.20. The van der Waals surface area contributed by atoms with Crippen molar-refractivity contribution in [2.24, 2.45) is 0 Å². The molecule has 0 N–H and O–H groups in total. The normalized spacial score (nSPS) is 17.3. The standard InChI is InChI=1S/C10H12F2/c1-8-5-3-2-4-6-9(8)7-10(11)12/h2-5,10H,6-7H2,1H3. The van der Waals surface area contributed by atoms with Gasteiger partial charge in [-0.25, -0.2) is 8.78 Å². The predicted octanol–water partition coefficient (Wildman–Crippen LogP) is 3.47. The molecule has 0 amide bonds. The Balaban J connectivity index is 2.71. The van der Waals surface area contributed by atoms with Gasteiger partial charge >= 0.3 is 0 Å². The minimum atomic E-state index is -2.23. The van der Waals surface area contributed by atoms with E-state index in [1.165, 1.54) is 0 Å². The van der Waals surface area contributed by atoms with E-state index in [1.54, 1.807) is 0 Å². The first-order chi connectivity index (χ1) is 5.70. The molecule has 0 bridgehead atoms. The molecule has 0 aromatic carbocycles. The Morgan fingerprint density at radius 3 is 2.83 bits per heavy atom. The molecule has 0 radical (unpaired) electrons. The molecule has 0 nitrogen and oxygen atoms in total. The van der Waals surface area contributed by atoms with Crippen molar-refractivity contribution < 1.29 is 8.78 Å². The van der Waals surface area contributed by atoms with E-state index in [0.717, 1.165) is 11.1 Å². The molecule has 66 valence electrons. The first kappa shape index (κ1) is 9.17. The Hall–Kier alpha value is -0.920. The number of halogens is 2. The van der Waals surface area contributed by atoms with Gasteiger partial charge in [-0.15, -0.1) is 0 Å². The van der Waals surface area contributed by atoms with Crippen LogP contribution in [0.3, 0.4) is 0 Å². The first-order valence-corrected chi connectivity index (χ1v) is 4.00. The molecule has 12 heavy (non-hydrogen) atoms. The molecule has 0 saturated carbocycles. The zero-order chi connectivity index (χ0) is 8.97. The summed E-state index contributed by atoms with van der Waals surface area (Å²) in [6.45, 7) is 1.88. The van der Waals surface area contributed by atoms with E-state index in [0.29, 0.717) is 6.42 Å². The van der Waals surface area contributed by atoms with Gasteiger partial charge in [0.25, 0.3) is 0 Å². The van der Waals surface area contributed by atoms with Gasteiger partial charge in [-0.2, -0.15) is 0 Å². The highest BCUT2D eigenvalue weighted by Gasteiger charge is 2.08. The van der Waals surface area contributed by atoms with Crippen molar-refractivity contribution >= 4 is 0 Å². The molecule has 2 heteroatoms. The third kappa shape index (κ3) is 2.61. The lowest BCUT2D eigenvalue weighted by molar-refractivity contribution is 0.148. The lowest BCUT2D eigenvalue weighted by Gasteiger charge is -2.05. The van der Waals surface area contributed by atoms with Crippen molar-refractivity contribution in [3.63, 3.8) is 0 Å². The second-order valence-corrected chi connectivity index (χ2v) is 2.87. The molecule has 0 spiro atoms. The van der Waals surface area contributed by atoms with Crippen molar-refractivity contribution in [1.29, 1.82) is 0 Å². The Morgan fingerprint density at radius 1 is 1.42 bits per heavy atom. The highest BCUT2D eigenvalue weighted by molar-refractivity contribution is 5.31. The van der Waals surface area contributed by atoms with Crippen molar-refractivity contribution in [1.82, 2.24) is 0 Å². The molecule has 0 unspecified atom stereocenters. The van der Waals surface area contributed by atoms with Crippen LogP contribution in [0.5, 0.6) is 0 Å². The smallest absolute Gasteiger partial charge is 0.210 e. The van der Waals surface area contributed by atoms with Crippen LogP contribution >= 0.6 is 0 Å². The molecule has 0 fully saturated rings. The summed E-state index contributed by atoms with van der Waals surface area (Å²) < 4.78 is 24.1. The zero-order valence-electron chi connectivity index (χ0n) is 7.06. The SMILES string of the molecule is CC1=C(CC(F)F)CC=CC=C1. The topological polar surface area (TPSA) is 0 Å². The number of allylic oxidation sites excluding steroid dienone is 6. The van der Waals surface area contributed by atoms with Crippen LogP contribution in [0.1, 0.15) is 19.8 Å². The van der Waals surface area contributed by atoms with Crippen LogP contribution in [0.15, 0.2) is 35.5 Å². The van der Waals surface area contributed by atoms with E-state index in [2.05, 4.69) is 0 Å². The molecular weight excluding hydrogens is 158 g/mol. The van der Waals surface area contributed by atoms with Crippen molar-refractivity contribution in [3.05, 3.63) is 35.5 Å². The fourth-order valence-electron chi connectivity index (χ4n) is 1.20. The molecule has 0 aromatic heterocycles. The maximum absolute atomic E-state index is 12.0. The van der Waals surface area contributed by atoms with Gasteiger partial charge in [-0.3, -0.25) is 0 Å². The van der Waals surface area contributed by atoms with Gasteiger partial charge in [-0.05, 0) is 13.3 Å². The molecule has 0 aliphatic heterocycles. The van der Waals surface area contributed by atoms with E-state index >= 15 is 0 Å². The Bertz CT molecular complexity index is 234. The van der Waals surface area contributed by atoms with Crippen LogP contribution in [-0.2, 0) is 0 Å². The average molecular weight is 170 g/mol. The molecule has 0 aromatic rings. The Morgan fingerprint density at radius 2 is 2.17 bits per heavy atom. The lowest BCUT2D eigenvalue weighted by Crippen LogP contribution is -1.95. The molecule has 0 saturated heterocycles. The monoisotopic (exact) mass is 170 g/mol. The van der Waals surface area contributed by atoms with Gasteiger partial charge in [0.15, 0.2) is 0 Å². The van der Waals surface area contributed by atoms with Crippen molar-refractivity contribution in [3.8, 4) is 0 Å². The van der Waals surface area contributed by atoms with Crippen LogP contribution < -0.4 is 0 Å². The number of hydrogen-bond donors (Lipinski definition) is 0.